The first-order valence-corrected chi connectivity index (χ1v) is 10.3. The highest BCUT2D eigenvalue weighted by molar-refractivity contribution is 5.99. The summed E-state index contributed by atoms with van der Waals surface area (Å²) in [5.74, 6) is 1.32. The van der Waals surface area contributed by atoms with E-state index in [0.29, 0.717) is 34.1 Å². The van der Waals surface area contributed by atoms with Crippen LogP contribution in [0.3, 0.4) is 0 Å². The molecule has 0 saturated carbocycles. The van der Waals surface area contributed by atoms with E-state index in [4.69, 9.17) is 24.7 Å². The maximum atomic E-state index is 13.1. The normalized spacial score (nSPS) is 10.9. The van der Waals surface area contributed by atoms with E-state index in [-0.39, 0.29) is 23.0 Å². The second-order valence-corrected chi connectivity index (χ2v) is 7.05. The first kappa shape index (κ1) is 24.0. The molecule has 186 valence electrons. The molecule has 0 aliphatic carbocycles. The number of ether oxygens (including phenoxy) is 4. The Morgan fingerprint density at radius 3 is 2.36 bits per heavy atom. The summed E-state index contributed by atoms with van der Waals surface area (Å²) < 4.78 is 27.3. The average molecular weight is 494 g/mol. The summed E-state index contributed by atoms with van der Waals surface area (Å²) in [6.07, 6.45) is 1.38. The Morgan fingerprint density at radius 2 is 1.75 bits per heavy atom. The van der Waals surface area contributed by atoms with E-state index >= 15 is 0 Å². The van der Waals surface area contributed by atoms with Gasteiger partial charge in [-0.2, -0.15) is 9.78 Å². The number of hydrazone groups is 1. The Balaban J connectivity index is 1.70. The number of nitrogen functional groups attached to an aromatic ring is 1. The quantitative estimate of drug-likeness (QED) is 0.256. The van der Waals surface area contributed by atoms with Crippen molar-refractivity contribution < 1.29 is 28.4 Å². The molecule has 0 radical (unpaired) electrons. The summed E-state index contributed by atoms with van der Waals surface area (Å²) in [5.41, 5.74) is 9.53. The van der Waals surface area contributed by atoms with E-state index in [1.54, 1.807) is 36.4 Å². The number of benzene rings is 2. The molecule has 4 aromatic rings. The maximum absolute atomic E-state index is 13.1. The van der Waals surface area contributed by atoms with Crippen molar-refractivity contribution >= 4 is 17.9 Å². The molecule has 0 fully saturated rings. The van der Waals surface area contributed by atoms with Crippen molar-refractivity contribution in [3.05, 3.63) is 47.7 Å². The van der Waals surface area contributed by atoms with Gasteiger partial charge in [0.25, 0.3) is 5.91 Å². The van der Waals surface area contributed by atoms with E-state index in [0.717, 1.165) is 0 Å². The lowest BCUT2D eigenvalue weighted by Crippen LogP contribution is -2.19. The fraction of sp³-hybridized carbons (Fsp3) is 0.182. The van der Waals surface area contributed by atoms with E-state index in [9.17, 15) is 4.79 Å². The number of carbonyl (C=O) groups is 1. The van der Waals surface area contributed by atoms with E-state index in [1.807, 2.05) is 0 Å². The highest BCUT2D eigenvalue weighted by atomic mass is 16.6. The molecular weight excluding hydrogens is 472 g/mol. The van der Waals surface area contributed by atoms with E-state index in [2.05, 4.69) is 35.8 Å². The molecule has 2 aromatic carbocycles. The topological polar surface area (TPSA) is 174 Å². The molecule has 36 heavy (non-hydrogen) atoms. The third-order valence-corrected chi connectivity index (χ3v) is 5.04. The van der Waals surface area contributed by atoms with Crippen LogP contribution in [0.25, 0.3) is 17.1 Å². The average Bonchev–Trinajstić information content (AvgIpc) is 3.54. The fourth-order valence-electron chi connectivity index (χ4n) is 3.32. The number of nitrogens with two attached hydrogens (primary N) is 1. The lowest BCUT2D eigenvalue weighted by Gasteiger charge is -2.12. The van der Waals surface area contributed by atoms with Crippen LogP contribution in [0.2, 0.25) is 0 Å². The van der Waals surface area contributed by atoms with Gasteiger partial charge < -0.3 is 24.7 Å². The minimum absolute atomic E-state index is 0.0345. The van der Waals surface area contributed by atoms with Gasteiger partial charge in [0.05, 0.1) is 40.2 Å². The minimum atomic E-state index is -0.656. The van der Waals surface area contributed by atoms with Gasteiger partial charge in [-0.25, -0.2) is 10.1 Å². The number of carbonyl (C=O) groups excluding carboxylic acids is 1. The summed E-state index contributed by atoms with van der Waals surface area (Å²) in [7, 11) is 6.04. The molecule has 0 unspecified atom stereocenters. The number of hydrogen-bond donors (Lipinski definition) is 2. The van der Waals surface area contributed by atoms with Crippen molar-refractivity contribution in [1.82, 2.24) is 30.7 Å². The monoisotopic (exact) mass is 494 g/mol. The van der Waals surface area contributed by atoms with Crippen molar-refractivity contribution in [3.8, 4) is 40.1 Å². The van der Waals surface area contributed by atoms with Crippen LogP contribution in [0.15, 0.2) is 46.1 Å². The fourth-order valence-corrected chi connectivity index (χ4v) is 3.32. The number of hydrogen-bond acceptors (Lipinski definition) is 12. The number of nitrogens with one attached hydrogen (secondary N) is 1. The predicted molar refractivity (Wildman–Crippen MR) is 127 cm³/mol. The number of rotatable bonds is 9. The molecule has 0 spiro atoms. The molecule has 3 N–H and O–H groups in total. The number of nitrogens with zero attached hydrogens (tertiary/aromatic N) is 6. The molecule has 4 rings (SSSR count). The van der Waals surface area contributed by atoms with Crippen molar-refractivity contribution in [2.75, 3.05) is 34.2 Å². The van der Waals surface area contributed by atoms with Gasteiger partial charge in [0.1, 0.15) is 28.7 Å². The van der Waals surface area contributed by atoms with Crippen molar-refractivity contribution in [3.63, 3.8) is 0 Å². The molecule has 2 heterocycles. The van der Waals surface area contributed by atoms with Gasteiger partial charge >= 0.3 is 0 Å². The molecule has 0 bridgehead atoms. The molecule has 2 aromatic heterocycles. The van der Waals surface area contributed by atoms with Crippen LogP contribution < -0.4 is 30.1 Å². The van der Waals surface area contributed by atoms with Gasteiger partial charge in [-0.15, -0.1) is 5.10 Å². The van der Waals surface area contributed by atoms with Crippen molar-refractivity contribution in [2.24, 2.45) is 5.10 Å². The third-order valence-electron chi connectivity index (χ3n) is 5.04. The SMILES string of the molecule is COc1cccc(-c2c(C(=O)N/N=C\c3c(OC)cc(OC)cc3OC)nnn2-c2nonc2N)c1. The van der Waals surface area contributed by atoms with Gasteiger partial charge in [-0.1, -0.05) is 17.3 Å². The second-order valence-electron chi connectivity index (χ2n) is 7.05. The summed E-state index contributed by atoms with van der Waals surface area (Å²) in [4.78, 5) is 13.1. The Labute approximate surface area is 204 Å². The van der Waals surface area contributed by atoms with Gasteiger partial charge in [0.2, 0.25) is 11.6 Å². The van der Waals surface area contributed by atoms with E-state index in [1.165, 1.54) is 39.3 Å². The zero-order valence-electron chi connectivity index (χ0n) is 19.8. The zero-order chi connectivity index (χ0) is 25.7. The third kappa shape index (κ3) is 4.59. The van der Waals surface area contributed by atoms with Crippen molar-refractivity contribution in [1.29, 1.82) is 0 Å². The van der Waals surface area contributed by atoms with Gasteiger partial charge in [-0.3, -0.25) is 4.79 Å². The van der Waals surface area contributed by atoms with E-state index < -0.39 is 5.91 Å². The number of aromatic nitrogens is 5. The summed E-state index contributed by atoms with van der Waals surface area (Å²) in [6.45, 7) is 0. The number of anilines is 1. The maximum Gasteiger partial charge on any atom is 0.294 e. The Hall–Kier alpha value is -5.14. The Morgan fingerprint density at radius 1 is 1.03 bits per heavy atom. The highest BCUT2D eigenvalue weighted by Crippen LogP contribution is 2.33. The first-order valence-electron chi connectivity index (χ1n) is 10.3. The molecule has 14 heteroatoms. The number of amides is 1. The first-order chi connectivity index (χ1) is 17.5. The molecule has 0 aliphatic heterocycles. The standard InChI is InChI=1S/C22H22N8O6/c1-32-13-7-5-6-12(8-13)19-18(25-29-30(19)21-20(23)27-36-28-21)22(31)26-24-11-15-16(34-3)9-14(33-2)10-17(15)35-4/h5-11H,1-4H3,(H2,23,27)(H,26,31)/b24-11-. The Bertz CT molecular complexity index is 1390. The molecule has 1 amide bonds. The second kappa shape index (κ2) is 10.4. The van der Waals surface area contributed by atoms with Gasteiger partial charge in [-0.05, 0) is 22.4 Å². The largest absolute Gasteiger partial charge is 0.497 e. The molecule has 0 saturated heterocycles. The lowest BCUT2D eigenvalue weighted by molar-refractivity contribution is 0.0950. The lowest BCUT2D eigenvalue weighted by atomic mass is 10.1. The Kier molecular flexibility index (Phi) is 6.95. The molecular formula is C22H22N8O6. The molecule has 0 atom stereocenters. The van der Waals surface area contributed by atoms with Gasteiger partial charge in [0, 0.05) is 17.7 Å². The minimum Gasteiger partial charge on any atom is -0.497 e. The summed E-state index contributed by atoms with van der Waals surface area (Å²) in [6, 6.07) is 10.3. The summed E-state index contributed by atoms with van der Waals surface area (Å²) >= 11 is 0. The van der Waals surface area contributed by atoms with Crippen LogP contribution in [0.4, 0.5) is 5.82 Å². The predicted octanol–water partition coefficient (Wildman–Crippen LogP) is 1.70. The number of methoxy groups -OCH3 is 4. The smallest absolute Gasteiger partial charge is 0.294 e. The van der Waals surface area contributed by atoms with Crippen LogP contribution in [0.5, 0.6) is 23.0 Å². The molecule has 14 nitrogen and oxygen atoms in total. The van der Waals surface area contributed by atoms with Gasteiger partial charge in [0.15, 0.2) is 5.69 Å². The molecule has 0 aliphatic rings. The highest BCUT2D eigenvalue weighted by Gasteiger charge is 2.25. The zero-order valence-corrected chi connectivity index (χ0v) is 19.8. The van der Waals surface area contributed by atoms with Crippen LogP contribution in [-0.2, 0) is 0 Å². The van der Waals surface area contributed by atoms with Crippen LogP contribution in [0, 0.1) is 0 Å². The van der Waals surface area contributed by atoms with Crippen molar-refractivity contribution in [2.45, 2.75) is 0 Å². The summed E-state index contributed by atoms with van der Waals surface area (Å²) in [5, 5.41) is 19.4. The van der Waals surface area contributed by atoms with Crippen LogP contribution in [-0.4, -0.2) is 65.9 Å². The van der Waals surface area contributed by atoms with Crippen LogP contribution >= 0.6 is 0 Å². The van der Waals surface area contributed by atoms with Crippen LogP contribution in [0.1, 0.15) is 16.1 Å².